The minimum absolute atomic E-state index is 0.0896. The first-order chi connectivity index (χ1) is 7.33. The molecule has 6 nitrogen and oxygen atoms in total. The summed E-state index contributed by atoms with van der Waals surface area (Å²) in [5.74, 6) is 1.43. The fraction of sp³-hybridized carbons (Fsp3) is 0.556. The van der Waals surface area contributed by atoms with Crippen LogP contribution in [0.2, 0.25) is 0 Å². The van der Waals surface area contributed by atoms with Crippen LogP contribution in [0.3, 0.4) is 0 Å². The first kappa shape index (κ1) is 11.5. The Morgan fingerprint density at radius 1 is 1.47 bits per heavy atom. The van der Waals surface area contributed by atoms with Crippen LogP contribution in [-0.2, 0) is 0 Å². The molecule has 0 atom stereocenters. The molecule has 0 aliphatic rings. The molecular formula is C9H15N3O3. The van der Waals surface area contributed by atoms with Crippen molar-refractivity contribution in [2.75, 3.05) is 32.7 Å². The maximum absolute atomic E-state index is 8.62. The molecule has 0 aromatic carbocycles. The maximum atomic E-state index is 8.62. The third-order valence-electron chi connectivity index (χ3n) is 1.75. The highest BCUT2D eigenvalue weighted by Gasteiger charge is 2.11. The molecule has 0 fully saturated rings. The van der Waals surface area contributed by atoms with Crippen molar-refractivity contribution < 1.29 is 14.6 Å². The quantitative estimate of drug-likeness (QED) is 0.661. The van der Waals surface area contributed by atoms with Gasteiger partial charge in [-0.1, -0.05) is 0 Å². The summed E-state index contributed by atoms with van der Waals surface area (Å²) in [7, 11) is 3.26. The van der Waals surface area contributed by atoms with Gasteiger partial charge >= 0.3 is 0 Å². The lowest BCUT2D eigenvalue weighted by molar-refractivity contribution is 0.223. The summed E-state index contributed by atoms with van der Waals surface area (Å²) in [6, 6.07) is 0. The van der Waals surface area contributed by atoms with Crippen LogP contribution >= 0.6 is 0 Å². The topological polar surface area (TPSA) is 76.5 Å². The number of methoxy groups -OCH3 is 1. The van der Waals surface area contributed by atoms with Gasteiger partial charge in [-0.3, -0.25) is 0 Å². The van der Waals surface area contributed by atoms with Gasteiger partial charge in [0.15, 0.2) is 5.82 Å². The number of hydrogen-bond donors (Lipinski definition) is 2. The van der Waals surface area contributed by atoms with Crippen LogP contribution in [0.5, 0.6) is 11.6 Å². The second kappa shape index (κ2) is 6.02. The van der Waals surface area contributed by atoms with Crippen LogP contribution in [0.25, 0.3) is 0 Å². The molecule has 1 rings (SSSR count). The van der Waals surface area contributed by atoms with Crippen molar-refractivity contribution >= 4 is 5.82 Å². The average molecular weight is 213 g/mol. The van der Waals surface area contributed by atoms with Crippen molar-refractivity contribution in [1.29, 1.82) is 0 Å². The van der Waals surface area contributed by atoms with E-state index in [1.807, 2.05) is 0 Å². The number of hydrogen-bond acceptors (Lipinski definition) is 6. The highest BCUT2D eigenvalue weighted by atomic mass is 16.5. The maximum Gasteiger partial charge on any atom is 0.262 e. The van der Waals surface area contributed by atoms with E-state index < -0.39 is 0 Å². The SMILES string of the molecule is CNc1ncnc(OCCCO)c1OC. The second-order valence-electron chi connectivity index (χ2n) is 2.74. The molecule has 0 saturated heterocycles. The number of aliphatic hydroxyl groups excluding tert-OH is 1. The zero-order valence-corrected chi connectivity index (χ0v) is 8.86. The fourth-order valence-corrected chi connectivity index (χ4v) is 1.06. The molecule has 2 N–H and O–H groups in total. The van der Waals surface area contributed by atoms with Gasteiger partial charge in [0.05, 0.1) is 13.7 Å². The van der Waals surface area contributed by atoms with Gasteiger partial charge in [-0.2, -0.15) is 4.98 Å². The van der Waals surface area contributed by atoms with Crippen molar-refractivity contribution in [1.82, 2.24) is 9.97 Å². The van der Waals surface area contributed by atoms with E-state index in [1.165, 1.54) is 13.4 Å². The molecule has 0 unspecified atom stereocenters. The number of aliphatic hydroxyl groups is 1. The first-order valence-corrected chi connectivity index (χ1v) is 4.64. The average Bonchev–Trinajstić information content (AvgIpc) is 2.29. The van der Waals surface area contributed by atoms with Crippen LogP contribution in [0.4, 0.5) is 5.82 Å². The molecule has 0 bridgehead atoms. The summed E-state index contributed by atoms with van der Waals surface area (Å²) >= 11 is 0. The van der Waals surface area contributed by atoms with Gasteiger partial charge in [0.25, 0.3) is 5.88 Å². The molecule has 0 aliphatic heterocycles. The van der Waals surface area contributed by atoms with Crippen LogP contribution < -0.4 is 14.8 Å². The molecular weight excluding hydrogens is 198 g/mol. The molecule has 0 radical (unpaired) electrons. The van der Waals surface area contributed by atoms with E-state index in [4.69, 9.17) is 14.6 Å². The number of rotatable bonds is 6. The van der Waals surface area contributed by atoms with E-state index in [2.05, 4.69) is 15.3 Å². The molecule has 1 aromatic rings. The zero-order valence-electron chi connectivity index (χ0n) is 8.86. The lowest BCUT2D eigenvalue weighted by Gasteiger charge is -2.11. The zero-order chi connectivity index (χ0) is 11.1. The van der Waals surface area contributed by atoms with Crippen LogP contribution in [-0.4, -0.2) is 42.4 Å². The molecule has 0 spiro atoms. The monoisotopic (exact) mass is 213 g/mol. The minimum atomic E-state index is 0.0896. The van der Waals surface area contributed by atoms with E-state index in [0.29, 0.717) is 30.5 Å². The minimum Gasteiger partial charge on any atom is -0.489 e. The smallest absolute Gasteiger partial charge is 0.262 e. The summed E-state index contributed by atoms with van der Waals surface area (Å²) in [4.78, 5) is 7.93. The summed E-state index contributed by atoms with van der Waals surface area (Å²) in [6.07, 6.45) is 1.95. The standard InChI is InChI=1S/C9H15N3O3/c1-10-8-7(14-2)9(12-6-11-8)15-5-3-4-13/h6,13H,3-5H2,1-2H3,(H,10,11,12). The van der Waals surface area contributed by atoms with Gasteiger partial charge in [0.2, 0.25) is 5.75 Å². The molecule has 1 aromatic heterocycles. The largest absolute Gasteiger partial charge is 0.489 e. The van der Waals surface area contributed by atoms with Crippen molar-refractivity contribution in [3.63, 3.8) is 0 Å². The van der Waals surface area contributed by atoms with E-state index in [9.17, 15) is 0 Å². The Bertz CT molecular complexity index is 307. The Hall–Kier alpha value is -1.56. The Balaban J connectivity index is 2.76. The Labute approximate surface area is 88.3 Å². The summed E-state index contributed by atoms with van der Waals surface area (Å²) in [5, 5.41) is 11.5. The van der Waals surface area contributed by atoms with Crippen molar-refractivity contribution in [2.45, 2.75) is 6.42 Å². The third-order valence-corrected chi connectivity index (χ3v) is 1.75. The number of ether oxygens (including phenoxy) is 2. The first-order valence-electron chi connectivity index (χ1n) is 4.64. The van der Waals surface area contributed by atoms with Gasteiger partial charge in [0, 0.05) is 20.1 Å². The van der Waals surface area contributed by atoms with Crippen LogP contribution in [0.15, 0.2) is 6.33 Å². The van der Waals surface area contributed by atoms with E-state index in [-0.39, 0.29) is 6.61 Å². The van der Waals surface area contributed by atoms with E-state index >= 15 is 0 Å². The summed E-state index contributed by atoms with van der Waals surface area (Å²) < 4.78 is 10.5. The highest BCUT2D eigenvalue weighted by molar-refractivity contribution is 5.54. The van der Waals surface area contributed by atoms with Gasteiger partial charge in [-0.05, 0) is 0 Å². The van der Waals surface area contributed by atoms with Gasteiger partial charge in [-0.15, -0.1) is 0 Å². The fourth-order valence-electron chi connectivity index (χ4n) is 1.06. The third kappa shape index (κ3) is 2.95. The van der Waals surface area contributed by atoms with Crippen molar-refractivity contribution in [3.05, 3.63) is 6.33 Å². The van der Waals surface area contributed by atoms with Crippen LogP contribution in [0, 0.1) is 0 Å². The molecule has 6 heteroatoms. The molecule has 0 aliphatic carbocycles. The van der Waals surface area contributed by atoms with Gasteiger partial charge in [-0.25, -0.2) is 4.98 Å². The second-order valence-corrected chi connectivity index (χ2v) is 2.74. The van der Waals surface area contributed by atoms with Crippen molar-refractivity contribution in [3.8, 4) is 11.6 Å². The van der Waals surface area contributed by atoms with E-state index in [0.717, 1.165) is 0 Å². The lowest BCUT2D eigenvalue weighted by Crippen LogP contribution is -2.05. The normalized spacial score (nSPS) is 9.80. The lowest BCUT2D eigenvalue weighted by atomic mass is 10.4. The number of nitrogens with zero attached hydrogens (tertiary/aromatic N) is 2. The summed E-state index contributed by atoms with van der Waals surface area (Å²) in [6.45, 7) is 0.485. The van der Waals surface area contributed by atoms with Gasteiger partial charge in [0.1, 0.15) is 6.33 Å². The number of nitrogens with one attached hydrogen (secondary N) is 1. The molecule has 0 amide bonds. The summed E-state index contributed by atoms with van der Waals surface area (Å²) in [5.41, 5.74) is 0. The number of aromatic nitrogens is 2. The van der Waals surface area contributed by atoms with Crippen LogP contribution in [0.1, 0.15) is 6.42 Å². The Morgan fingerprint density at radius 3 is 2.87 bits per heavy atom. The Kier molecular flexibility index (Phi) is 4.62. The Morgan fingerprint density at radius 2 is 2.27 bits per heavy atom. The van der Waals surface area contributed by atoms with Gasteiger partial charge < -0.3 is 19.9 Å². The predicted molar refractivity (Wildman–Crippen MR) is 55.3 cm³/mol. The predicted octanol–water partition coefficient (Wildman–Crippen LogP) is 0.288. The highest BCUT2D eigenvalue weighted by Crippen LogP contribution is 2.30. The molecule has 0 saturated carbocycles. The molecule has 84 valence electrons. The molecule has 1 heterocycles. The van der Waals surface area contributed by atoms with Crippen molar-refractivity contribution in [2.24, 2.45) is 0 Å². The van der Waals surface area contributed by atoms with E-state index in [1.54, 1.807) is 7.05 Å². The molecule has 15 heavy (non-hydrogen) atoms. The number of anilines is 1.